The molecule has 2 aromatic rings. The molecule has 0 radical (unpaired) electrons. The van der Waals surface area contributed by atoms with E-state index in [1.807, 2.05) is 0 Å². The molecule has 0 bridgehead atoms. The van der Waals surface area contributed by atoms with E-state index >= 15 is 0 Å². The van der Waals surface area contributed by atoms with Crippen LogP contribution in [0.5, 0.6) is 0 Å². The number of nitrogens with zero attached hydrogens (tertiary/aromatic N) is 2. The number of hydrogen-bond acceptors (Lipinski definition) is 3. The maximum absolute atomic E-state index is 4.40. The van der Waals surface area contributed by atoms with Crippen LogP contribution in [0.3, 0.4) is 0 Å². The second kappa shape index (κ2) is 16.1. The van der Waals surface area contributed by atoms with Gasteiger partial charge in [0.2, 0.25) is 0 Å². The summed E-state index contributed by atoms with van der Waals surface area (Å²) in [5.41, 5.74) is 4.61. The van der Waals surface area contributed by atoms with Crippen LogP contribution in [0, 0.1) is 0 Å². The summed E-state index contributed by atoms with van der Waals surface area (Å²) in [5.74, 6) is 0.986. The molecular weight excluding hydrogens is 384 g/mol. The molecule has 0 saturated carbocycles. The summed E-state index contributed by atoms with van der Waals surface area (Å²) in [6.07, 6.45) is 16.9. The third kappa shape index (κ3) is 11.0. The van der Waals surface area contributed by atoms with Gasteiger partial charge in [-0.15, -0.1) is 0 Å². The monoisotopic (exact) mass is 424 g/mol. The van der Waals surface area contributed by atoms with Gasteiger partial charge in [-0.2, -0.15) is 22.9 Å². The molecule has 0 saturated heterocycles. The molecule has 3 heteroatoms. The van der Waals surface area contributed by atoms with Crippen LogP contribution in [-0.4, -0.2) is 5.75 Å². The van der Waals surface area contributed by atoms with Gasteiger partial charge in [0.25, 0.3) is 0 Å². The summed E-state index contributed by atoms with van der Waals surface area (Å²) < 4.78 is 0. The Hall–Kier alpha value is -1.61. The number of thiol groups is 1. The highest BCUT2D eigenvalue weighted by Gasteiger charge is 1.98. The molecule has 0 atom stereocenters. The quantitative estimate of drug-likeness (QED) is 0.158. The molecule has 0 unspecified atom stereocenters. The van der Waals surface area contributed by atoms with Crippen molar-refractivity contribution in [2.45, 2.75) is 90.4 Å². The molecule has 2 nitrogen and oxygen atoms in total. The number of rotatable bonds is 16. The molecule has 164 valence electrons. The molecule has 0 spiro atoms. The number of benzene rings is 2. The number of aryl methyl sites for hydroxylation is 2. The summed E-state index contributed by atoms with van der Waals surface area (Å²) in [7, 11) is 0. The molecule has 0 amide bonds. The zero-order valence-electron chi connectivity index (χ0n) is 18.9. The topological polar surface area (TPSA) is 24.7 Å². The van der Waals surface area contributed by atoms with E-state index in [9.17, 15) is 0 Å². The van der Waals surface area contributed by atoms with Gasteiger partial charge in [0.15, 0.2) is 0 Å². The van der Waals surface area contributed by atoms with Crippen LogP contribution in [0.4, 0.5) is 11.4 Å². The third-order valence-corrected chi connectivity index (χ3v) is 5.91. The smallest absolute Gasteiger partial charge is 0.0857 e. The first-order valence-electron chi connectivity index (χ1n) is 12.0. The van der Waals surface area contributed by atoms with Gasteiger partial charge in [0.1, 0.15) is 0 Å². The van der Waals surface area contributed by atoms with E-state index in [-0.39, 0.29) is 0 Å². The Morgan fingerprint density at radius 1 is 0.533 bits per heavy atom. The minimum Gasteiger partial charge on any atom is -0.179 e. The zero-order valence-corrected chi connectivity index (χ0v) is 19.8. The molecule has 0 aromatic heterocycles. The second-order valence-corrected chi connectivity index (χ2v) is 8.74. The van der Waals surface area contributed by atoms with Gasteiger partial charge in [-0.25, -0.2) is 0 Å². The summed E-state index contributed by atoms with van der Waals surface area (Å²) in [4.78, 5) is 0. The molecule has 0 aliphatic heterocycles. The van der Waals surface area contributed by atoms with Crippen molar-refractivity contribution in [2.75, 3.05) is 5.75 Å². The van der Waals surface area contributed by atoms with Crippen molar-refractivity contribution in [1.82, 2.24) is 0 Å². The van der Waals surface area contributed by atoms with Crippen LogP contribution in [0.2, 0.25) is 0 Å². The van der Waals surface area contributed by atoms with Gasteiger partial charge < -0.3 is 0 Å². The summed E-state index contributed by atoms with van der Waals surface area (Å²) in [5, 5.41) is 8.78. The Balaban J connectivity index is 1.66. The van der Waals surface area contributed by atoms with Crippen LogP contribution in [0.15, 0.2) is 58.8 Å². The van der Waals surface area contributed by atoms with E-state index in [1.54, 1.807) is 0 Å². The predicted octanol–water partition coefficient (Wildman–Crippen LogP) is 9.43. The lowest BCUT2D eigenvalue weighted by atomic mass is 10.0. The Morgan fingerprint density at radius 3 is 1.37 bits per heavy atom. The maximum Gasteiger partial charge on any atom is 0.0857 e. The Labute approximate surface area is 190 Å². The lowest BCUT2D eigenvalue weighted by Crippen LogP contribution is -1.86. The molecular formula is C27H40N2S. The second-order valence-electron chi connectivity index (χ2n) is 8.29. The molecule has 0 aliphatic carbocycles. The minimum absolute atomic E-state index is 0.914. The lowest BCUT2D eigenvalue weighted by Gasteiger charge is -2.03. The van der Waals surface area contributed by atoms with Crippen molar-refractivity contribution in [3.63, 3.8) is 0 Å². The minimum atomic E-state index is 0.914. The lowest BCUT2D eigenvalue weighted by molar-refractivity contribution is 0.575. The molecule has 30 heavy (non-hydrogen) atoms. The average molecular weight is 425 g/mol. The van der Waals surface area contributed by atoms with Crippen LogP contribution in [0.1, 0.15) is 88.7 Å². The summed E-state index contributed by atoms with van der Waals surface area (Å²) in [6, 6.07) is 17.0. The summed E-state index contributed by atoms with van der Waals surface area (Å²) >= 11 is 4.26. The number of azo groups is 1. The number of unbranched alkanes of at least 4 members (excludes halogenated alkanes) is 9. The molecule has 2 rings (SSSR count). The van der Waals surface area contributed by atoms with E-state index < -0.39 is 0 Å². The van der Waals surface area contributed by atoms with E-state index in [4.69, 9.17) is 0 Å². The normalized spacial score (nSPS) is 11.4. The largest absolute Gasteiger partial charge is 0.179 e. The van der Waals surface area contributed by atoms with Crippen molar-refractivity contribution in [3.05, 3.63) is 59.7 Å². The fourth-order valence-electron chi connectivity index (χ4n) is 3.65. The van der Waals surface area contributed by atoms with Gasteiger partial charge in [-0.05, 0) is 73.2 Å². The highest BCUT2D eigenvalue weighted by atomic mass is 32.1. The highest BCUT2D eigenvalue weighted by Crippen LogP contribution is 2.21. The van der Waals surface area contributed by atoms with Crippen LogP contribution in [0.25, 0.3) is 0 Å². The first-order chi connectivity index (χ1) is 14.8. The van der Waals surface area contributed by atoms with Gasteiger partial charge in [0.05, 0.1) is 11.4 Å². The van der Waals surface area contributed by atoms with Crippen molar-refractivity contribution < 1.29 is 0 Å². The zero-order chi connectivity index (χ0) is 21.3. The molecule has 2 aromatic carbocycles. The van der Waals surface area contributed by atoms with E-state index in [1.165, 1.54) is 88.2 Å². The Kier molecular flexibility index (Phi) is 13.3. The first-order valence-corrected chi connectivity index (χ1v) is 12.7. The van der Waals surface area contributed by atoms with Crippen molar-refractivity contribution >= 4 is 24.0 Å². The molecule has 0 N–H and O–H groups in total. The van der Waals surface area contributed by atoms with Crippen molar-refractivity contribution in [1.29, 1.82) is 0 Å². The van der Waals surface area contributed by atoms with E-state index in [0.717, 1.165) is 23.5 Å². The maximum atomic E-state index is 4.40. The molecule has 0 fully saturated rings. The fourth-order valence-corrected chi connectivity index (χ4v) is 3.88. The van der Waals surface area contributed by atoms with Crippen LogP contribution in [-0.2, 0) is 12.8 Å². The van der Waals surface area contributed by atoms with Gasteiger partial charge in [-0.1, -0.05) is 82.6 Å². The average Bonchev–Trinajstić information content (AvgIpc) is 2.79. The third-order valence-electron chi connectivity index (χ3n) is 5.60. The SMILES string of the molecule is CCCCCCCCCCc1ccc(N=Nc2ccc(CCCCCS)cc2)cc1. The predicted molar refractivity (Wildman–Crippen MR) is 135 cm³/mol. The Morgan fingerprint density at radius 2 is 0.933 bits per heavy atom. The van der Waals surface area contributed by atoms with E-state index in [0.29, 0.717) is 0 Å². The molecule has 0 heterocycles. The van der Waals surface area contributed by atoms with Gasteiger partial charge >= 0.3 is 0 Å². The Bertz CT molecular complexity index is 692. The van der Waals surface area contributed by atoms with Crippen molar-refractivity contribution in [3.8, 4) is 0 Å². The fraction of sp³-hybridized carbons (Fsp3) is 0.556. The van der Waals surface area contributed by atoms with Crippen LogP contribution >= 0.6 is 12.6 Å². The standard InChI is InChI=1S/C27H40N2S/c1-2-3-4-5-6-7-8-10-13-24-15-19-26(20-16-24)28-29-27-21-17-25(18-22-27)14-11-9-12-23-30/h15-22,30H,2-14,23H2,1H3. The summed E-state index contributed by atoms with van der Waals surface area (Å²) in [6.45, 7) is 2.28. The number of hydrogen-bond donors (Lipinski definition) is 1. The van der Waals surface area contributed by atoms with Crippen molar-refractivity contribution in [2.24, 2.45) is 10.2 Å². The van der Waals surface area contributed by atoms with Gasteiger partial charge in [-0.3, -0.25) is 0 Å². The van der Waals surface area contributed by atoms with Gasteiger partial charge in [0, 0.05) is 0 Å². The van der Waals surface area contributed by atoms with Crippen LogP contribution < -0.4 is 0 Å². The molecule has 0 aliphatic rings. The highest BCUT2D eigenvalue weighted by molar-refractivity contribution is 7.80. The van der Waals surface area contributed by atoms with E-state index in [2.05, 4.69) is 78.3 Å². The first kappa shape index (κ1) is 24.7.